The highest BCUT2D eigenvalue weighted by Crippen LogP contribution is 1.89. The largest absolute Gasteiger partial charge is 0.469 e. The van der Waals surface area contributed by atoms with Crippen molar-refractivity contribution >= 4 is 11.8 Å². The second-order valence-electron chi connectivity index (χ2n) is 3.11. The third-order valence-electron chi connectivity index (χ3n) is 1.70. The zero-order chi connectivity index (χ0) is 11.4. The van der Waals surface area contributed by atoms with E-state index in [1.165, 1.54) is 23.5 Å². The average Bonchev–Trinajstić information content (AvgIpc) is 2.45. The van der Waals surface area contributed by atoms with E-state index in [0.717, 1.165) is 0 Å². The van der Waals surface area contributed by atoms with Crippen molar-refractivity contribution in [3.63, 3.8) is 0 Å². The molecule has 0 bridgehead atoms. The van der Waals surface area contributed by atoms with Gasteiger partial charge in [-0.1, -0.05) is 0 Å². The molecule has 0 saturated heterocycles. The third kappa shape index (κ3) is 3.12. The SMILES string of the molecule is COC(=O)Cc1nn(C)n[n+]1CC(C)=O. The fourth-order valence-electron chi connectivity index (χ4n) is 1.11. The van der Waals surface area contributed by atoms with E-state index in [9.17, 15) is 9.59 Å². The van der Waals surface area contributed by atoms with E-state index in [1.54, 1.807) is 7.05 Å². The van der Waals surface area contributed by atoms with Crippen LogP contribution in [0.3, 0.4) is 0 Å². The third-order valence-corrected chi connectivity index (χ3v) is 1.70. The van der Waals surface area contributed by atoms with Crippen LogP contribution in [0.2, 0.25) is 0 Å². The van der Waals surface area contributed by atoms with Crippen LogP contribution in [0.25, 0.3) is 0 Å². The molecule has 0 atom stereocenters. The molecule has 0 fully saturated rings. The Morgan fingerprint density at radius 1 is 1.53 bits per heavy atom. The van der Waals surface area contributed by atoms with Crippen LogP contribution < -0.4 is 4.68 Å². The molecule has 0 aliphatic rings. The first-order valence-electron chi connectivity index (χ1n) is 4.39. The molecule has 0 amide bonds. The molecule has 0 radical (unpaired) electrons. The van der Waals surface area contributed by atoms with Crippen molar-refractivity contribution in [1.82, 2.24) is 15.1 Å². The van der Waals surface area contributed by atoms with Crippen molar-refractivity contribution in [1.29, 1.82) is 0 Å². The summed E-state index contributed by atoms with van der Waals surface area (Å²) in [5.41, 5.74) is 0. The normalized spacial score (nSPS) is 10.1. The Morgan fingerprint density at radius 3 is 2.73 bits per heavy atom. The maximum absolute atomic E-state index is 11.0. The van der Waals surface area contributed by atoms with Crippen LogP contribution in [0.5, 0.6) is 0 Å². The monoisotopic (exact) mass is 213 g/mol. The maximum atomic E-state index is 11.0. The van der Waals surface area contributed by atoms with Crippen LogP contribution in [0.15, 0.2) is 0 Å². The zero-order valence-corrected chi connectivity index (χ0v) is 8.93. The van der Waals surface area contributed by atoms with Gasteiger partial charge in [0, 0.05) is 0 Å². The molecular formula is C8H13N4O3+. The van der Waals surface area contributed by atoms with Gasteiger partial charge in [0.05, 0.1) is 17.4 Å². The first-order chi connectivity index (χ1) is 7.02. The Morgan fingerprint density at radius 2 is 2.20 bits per heavy atom. The number of hydrogen-bond acceptors (Lipinski definition) is 5. The summed E-state index contributed by atoms with van der Waals surface area (Å²) in [4.78, 5) is 23.3. The number of esters is 1. The predicted molar refractivity (Wildman–Crippen MR) is 47.6 cm³/mol. The molecule has 0 unspecified atom stereocenters. The second-order valence-corrected chi connectivity index (χ2v) is 3.11. The Balaban J connectivity index is 2.85. The van der Waals surface area contributed by atoms with Crippen molar-refractivity contribution in [3.05, 3.63) is 5.82 Å². The van der Waals surface area contributed by atoms with E-state index in [1.807, 2.05) is 0 Å². The topological polar surface area (TPSA) is 78.0 Å². The number of hydrogen-bond donors (Lipinski definition) is 0. The van der Waals surface area contributed by atoms with E-state index in [2.05, 4.69) is 15.0 Å². The van der Waals surface area contributed by atoms with Crippen molar-refractivity contribution in [2.45, 2.75) is 19.9 Å². The molecule has 7 nitrogen and oxygen atoms in total. The number of carbonyl (C=O) groups is 2. The van der Waals surface area contributed by atoms with E-state index in [0.29, 0.717) is 5.82 Å². The lowest BCUT2D eigenvalue weighted by Gasteiger charge is -1.94. The fourth-order valence-corrected chi connectivity index (χ4v) is 1.11. The van der Waals surface area contributed by atoms with Crippen LogP contribution >= 0.6 is 0 Å². The van der Waals surface area contributed by atoms with Crippen LogP contribution in [0.1, 0.15) is 12.7 Å². The Bertz CT molecular complexity index is 385. The molecule has 0 N–H and O–H groups in total. The minimum absolute atomic E-state index is 0.0115. The number of nitrogens with zero attached hydrogens (tertiary/aromatic N) is 4. The lowest BCUT2D eigenvalue weighted by molar-refractivity contribution is -0.750. The molecule has 15 heavy (non-hydrogen) atoms. The van der Waals surface area contributed by atoms with Crippen molar-refractivity contribution < 1.29 is 19.0 Å². The highest BCUT2D eigenvalue weighted by Gasteiger charge is 2.21. The molecule has 0 aliphatic carbocycles. The highest BCUT2D eigenvalue weighted by molar-refractivity contribution is 5.74. The van der Waals surface area contributed by atoms with Gasteiger partial charge in [0.25, 0.3) is 0 Å². The Hall–Kier alpha value is -1.79. The standard InChI is InChI=1S/C8H13N4O3/c1-6(13)5-12-7(4-8(14)15-3)9-11(2)10-12/h4-5H2,1-3H3/q+1. The predicted octanol–water partition coefficient (Wildman–Crippen LogP) is -1.59. The van der Waals surface area contributed by atoms with Gasteiger partial charge in [-0.15, -0.1) is 4.68 Å². The summed E-state index contributed by atoms with van der Waals surface area (Å²) in [5.74, 6) is -0.0426. The molecule has 1 rings (SSSR count). The van der Waals surface area contributed by atoms with Gasteiger partial charge >= 0.3 is 11.8 Å². The Labute approximate surface area is 86.6 Å². The lowest BCUT2D eigenvalue weighted by Crippen LogP contribution is -2.44. The first-order valence-corrected chi connectivity index (χ1v) is 4.39. The molecule has 1 heterocycles. The minimum Gasteiger partial charge on any atom is -0.469 e. The molecule has 0 saturated carbocycles. The molecule has 0 spiro atoms. The fraction of sp³-hybridized carbons (Fsp3) is 0.625. The average molecular weight is 213 g/mol. The van der Waals surface area contributed by atoms with Gasteiger partial charge in [-0.2, -0.15) is 0 Å². The number of aromatic nitrogens is 4. The van der Waals surface area contributed by atoms with Gasteiger partial charge in [-0.25, -0.2) is 0 Å². The van der Waals surface area contributed by atoms with Crippen LogP contribution in [-0.2, 0) is 34.3 Å². The number of ketones is 1. The number of carbonyl (C=O) groups excluding carboxylic acids is 2. The van der Waals surface area contributed by atoms with Crippen molar-refractivity contribution in [3.8, 4) is 0 Å². The number of aryl methyl sites for hydroxylation is 1. The Kier molecular flexibility index (Phi) is 3.48. The smallest absolute Gasteiger partial charge is 0.316 e. The molecule has 0 aliphatic heterocycles. The summed E-state index contributed by atoms with van der Waals surface area (Å²) in [6.45, 7) is 1.56. The molecule has 0 aromatic carbocycles. The van der Waals surface area contributed by atoms with Crippen LogP contribution in [0.4, 0.5) is 0 Å². The maximum Gasteiger partial charge on any atom is 0.316 e. The van der Waals surface area contributed by atoms with Gasteiger partial charge in [-0.05, 0) is 11.7 Å². The van der Waals surface area contributed by atoms with E-state index in [4.69, 9.17) is 0 Å². The van der Waals surface area contributed by atoms with Gasteiger partial charge in [-0.3, -0.25) is 9.59 Å². The van der Waals surface area contributed by atoms with Gasteiger partial charge in [0.1, 0.15) is 13.5 Å². The summed E-state index contributed by atoms with van der Waals surface area (Å²) in [5, 5.41) is 7.90. The highest BCUT2D eigenvalue weighted by atomic mass is 16.5. The molecule has 82 valence electrons. The zero-order valence-electron chi connectivity index (χ0n) is 8.93. The number of rotatable bonds is 4. The molecule has 1 aromatic rings. The minimum atomic E-state index is -0.409. The molecule has 7 heteroatoms. The van der Waals surface area contributed by atoms with E-state index < -0.39 is 5.97 Å². The molecular weight excluding hydrogens is 200 g/mol. The van der Waals surface area contributed by atoms with Gasteiger partial charge in [0.15, 0.2) is 12.3 Å². The summed E-state index contributed by atoms with van der Waals surface area (Å²) in [7, 11) is 2.92. The van der Waals surface area contributed by atoms with E-state index in [-0.39, 0.29) is 18.7 Å². The molecule has 1 aromatic heterocycles. The van der Waals surface area contributed by atoms with Gasteiger partial charge < -0.3 is 4.74 Å². The second kappa shape index (κ2) is 4.63. The summed E-state index contributed by atoms with van der Waals surface area (Å²) >= 11 is 0. The summed E-state index contributed by atoms with van der Waals surface area (Å²) in [6.07, 6.45) is 0.0115. The van der Waals surface area contributed by atoms with Crippen LogP contribution in [-0.4, -0.2) is 34.0 Å². The first kappa shape index (κ1) is 11.3. The van der Waals surface area contributed by atoms with Crippen molar-refractivity contribution in [2.24, 2.45) is 7.05 Å². The van der Waals surface area contributed by atoms with Crippen LogP contribution in [0, 0.1) is 0 Å². The van der Waals surface area contributed by atoms with Gasteiger partial charge in [0.2, 0.25) is 0 Å². The van der Waals surface area contributed by atoms with E-state index >= 15 is 0 Å². The lowest BCUT2D eigenvalue weighted by atomic mass is 10.4. The summed E-state index contributed by atoms with van der Waals surface area (Å²) < 4.78 is 5.90. The number of ether oxygens (including phenoxy) is 1. The number of tetrazole rings is 1. The number of Topliss-reactive ketones (excluding diaryl/α,β-unsaturated/α-hetero) is 1. The summed E-state index contributed by atoms with van der Waals surface area (Å²) in [6, 6.07) is 0. The number of methoxy groups -OCH3 is 1. The van der Waals surface area contributed by atoms with Crippen molar-refractivity contribution in [2.75, 3.05) is 7.11 Å². The quantitative estimate of drug-likeness (QED) is 0.445.